The highest BCUT2D eigenvalue weighted by Gasteiger charge is 2.04. The van der Waals surface area contributed by atoms with Crippen LogP contribution in [0.15, 0.2) is 71.5 Å². The van der Waals surface area contributed by atoms with Crippen LogP contribution < -0.4 is 5.32 Å². The van der Waals surface area contributed by atoms with Gasteiger partial charge in [0.25, 0.3) is 0 Å². The topological polar surface area (TPSA) is 29.9 Å². The molecule has 0 fully saturated rings. The summed E-state index contributed by atoms with van der Waals surface area (Å²) < 4.78 is 3.26. The number of aromatic nitrogens is 2. The van der Waals surface area contributed by atoms with Gasteiger partial charge in [-0.3, -0.25) is 0 Å². The van der Waals surface area contributed by atoms with Gasteiger partial charge >= 0.3 is 0 Å². The highest BCUT2D eigenvalue weighted by molar-refractivity contribution is 9.10. The molecule has 0 amide bonds. The molecule has 0 radical (unpaired) electrons. The van der Waals surface area contributed by atoms with E-state index >= 15 is 0 Å². The van der Waals surface area contributed by atoms with Crippen molar-refractivity contribution in [2.45, 2.75) is 6.54 Å². The summed E-state index contributed by atoms with van der Waals surface area (Å²) in [5.41, 5.74) is 2.27. The van der Waals surface area contributed by atoms with E-state index in [1.165, 1.54) is 0 Å². The van der Waals surface area contributed by atoms with E-state index in [1.807, 2.05) is 42.7 Å². The van der Waals surface area contributed by atoms with Gasteiger partial charge in [-0.2, -0.15) is 0 Å². The molecule has 2 aromatic carbocycles. The normalized spacial score (nSPS) is 10.5. The van der Waals surface area contributed by atoms with E-state index in [9.17, 15) is 0 Å². The fraction of sp³-hybridized carbons (Fsp3) is 0.118. The Morgan fingerprint density at radius 2 is 1.76 bits per heavy atom. The van der Waals surface area contributed by atoms with Crippen molar-refractivity contribution in [1.82, 2.24) is 9.55 Å². The molecule has 106 valence electrons. The van der Waals surface area contributed by atoms with Crippen LogP contribution in [-0.2, 0) is 6.54 Å². The Balaban J connectivity index is 1.64. The molecule has 0 aliphatic heterocycles. The van der Waals surface area contributed by atoms with Gasteiger partial charge in [0.05, 0.1) is 0 Å². The summed E-state index contributed by atoms with van der Waals surface area (Å²) in [5, 5.41) is 3.42. The molecule has 3 rings (SSSR count). The second-order valence-electron chi connectivity index (χ2n) is 4.74. The van der Waals surface area contributed by atoms with Gasteiger partial charge in [-0.1, -0.05) is 46.3 Å². The molecule has 0 bridgehead atoms. The fourth-order valence-electron chi connectivity index (χ4n) is 2.23. The zero-order chi connectivity index (χ0) is 14.5. The van der Waals surface area contributed by atoms with Crippen molar-refractivity contribution in [3.63, 3.8) is 0 Å². The van der Waals surface area contributed by atoms with Crippen molar-refractivity contribution >= 4 is 21.6 Å². The number of nitrogens with zero attached hydrogens (tertiary/aromatic N) is 2. The molecule has 1 N–H and O–H groups in total. The molecule has 0 saturated heterocycles. The Morgan fingerprint density at radius 3 is 2.52 bits per heavy atom. The Kier molecular flexibility index (Phi) is 4.36. The van der Waals surface area contributed by atoms with Gasteiger partial charge < -0.3 is 9.88 Å². The average Bonchev–Trinajstić information content (AvgIpc) is 2.99. The molecule has 0 spiro atoms. The van der Waals surface area contributed by atoms with Crippen LogP contribution in [0.25, 0.3) is 11.4 Å². The zero-order valence-corrected chi connectivity index (χ0v) is 13.1. The number of halogens is 1. The molecule has 1 aromatic heterocycles. The lowest BCUT2D eigenvalue weighted by molar-refractivity contribution is 0.735. The Labute approximate surface area is 132 Å². The van der Waals surface area contributed by atoms with Crippen LogP contribution in [-0.4, -0.2) is 16.1 Å². The van der Waals surface area contributed by atoms with Gasteiger partial charge in [0.15, 0.2) is 0 Å². The van der Waals surface area contributed by atoms with Gasteiger partial charge in [0.2, 0.25) is 0 Å². The minimum Gasteiger partial charge on any atom is -0.383 e. The summed E-state index contributed by atoms with van der Waals surface area (Å²) in [6.45, 7) is 1.73. The quantitative estimate of drug-likeness (QED) is 0.744. The van der Waals surface area contributed by atoms with Crippen molar-refractivity contribution in [1.29, 1.82) is 0 Å². The van der Waals surface area contributed by atoms with Crippen LogP contribution in [0, 0.1) is 0 Å². The first kappa shape index (κ1) is 13.9. The number of imidazole rings is 1. The van der Waals surface area contributed by atoms with E-state index in [1.54, 1.807) is 0 Å². The van der Waals surface area contributed by atoms with Gasteiger partial charge in [0.1, 0.15) is 5.82 Å². The van der Waals surface area contributed by atoms with Crippen LogP contribution in [0.5, 0.6) is 0 Å². The van der Waals surface area contributed by atoms with Crippen molar-refractivity contribution in [3.05, 3.63) is 71.5 Å². The van der Waals surface area contributed by atoms with Crippen LogP contribution in [0.3, 0.4) is 0 Å². The predicted octanol–water partition coefficient (Wildman–Crippen LogP) is 4.42. The first-order valence-electron chi connectivity index (χ1n) is 6.89. The van der Waals surface area contributed by atoms with Gasteiger partial charge in [-0.05, 0) is 24.3 Å². The van der Waals surface area contributed by atoms with Crippen LogP contribution in [0.4, 0.5) is 5.69 Å². The van der Waals surface area contributed by atoms with Crippen molar-refractivity contribution < 1.29 is 0 Å². The minimum absolute atomic E-state index is 0.859. The number of rotatable bonds is 5. The number of hydrogen-bond acceptors (Lipinski definition) is 2. The van der Waals surface area contributed by atoms with E-state index in [2.05, 4.69) is 55.1 Å². The molecule has 0 aliphatic carbocycles. The standard InChI is InChI=1S/C17H16BrN3/c18-15-6-8-16(9-7-15)19-10-12-21-13-11-20-17(21)14-4-2-1-3-5-14/h1-9,11,13,19H,10,12H2. The van der Waals surface area contributed by atoms with E-state index in [0.717, 1.165) is 34.6 Å². The third-order valence-corrected chi connectivity index (χ3v) is 3.80. The summed E-state index contributed by atoms with van der Waals surface area (Å²) in [4.78, 5) is 4.45. The second-order valence-corrected chi connectivity index (χ2v) is 5.66. The lowest BCUT2D eigenvalue weighted by Crippen LogP contribution is -2.10. The van der Waals surface area contributed by atoms with E-state index in [4.69, 9.17) is 0 Å². The monoisotopic (exact) mass is 341 g/mol. The number of benzene rings is 2. The summed E-state index contributed by atoms with van der Waals surface area (Å²) in [6, 6.07) is 18.5. The molecule has 0 unspecified atom stereocenters. The fourth-order valence-corrected chi connectivity index (χ4v) is 2.49. The third kappa shape index (κ3) is 3.52. The van der Waals surface area contributed by atoms with E-state index < -0.39 is 0 Å². The van der Waals surface area contributed by atoms with Gasteiger partial charge in [0, 0.05) is 41.2 Å². The molecule has 0 saturated carbocycles. The van der Waals surface area contributed by atoms with Crippen LogP contribution in [0.1, 0.15) is 0 Å². The summed E-state index contributed by atoms with van der Waals surface area (Å²) >= 11 is 3.44. The SMILES string of the molecule is Brc1ccc(NCCn2ccnc2-c2ccccc2)cc1. The average molecular weight is 342 g/mol. The van der Waals surface area contributed by atoms with Crippen LogP contribution >= 0.6 is 15.9 Å². The first-order chi connectivity index (χ1) is 10.3. The maximum Gasteiger partial charge on any atom is 0.139 e. The smallest absolute Gasteiger partial charge is 0.139 e. The zero-order valence-electron chi connectivity index (χ0n) is 11.5. The summed E-state index contributed by atoms with van der Waals surface area (Å²) in [6.07, 6.45) is 3.87. The van der Waals surface area contributed by atoms with Crippen molar-refractivity contribution in [2.75, 3.05) is 11.9 Å². The maximum atomic E-state index is 4.45. The summed E-state index contributed by atoms with van der Waals surface area (Å²) in [7, 11) is 0. The van der Waals surface area contributed by atoms with Gasteiger partial charge in [-0.15, -0.1) is 0 Å². The molecule has 0 atom stereocenters. The first-order valence-corrected chi connectivity index (χ1v) is 7.68. The van der Waals surface area contributed by atoms with Gasteiger partial charge in [-0.25, -0.2) is 4.98 Å². The predicted molar refractivity (Wildman–Crippen MR) is 90.3 cm³/mol. The highest BCUT2D eigenvalue weighted by atomic mass is 79.9. The molecule has 1 heterocycles. The maximum absolute atomic E-state index is 4.45. The Morgan fingerprint density at radius 1 is 1.00 bits per heavy atom. The number of hydrogen-bond donors (Lipinski definition) is 1. The Bertz CT molecular complexity index is 690. The molecule has 21 heavy (non-hydrogen) atoms. The molecule has 3 nitrogen and oxygen atoms in total. The largest absolute Gasteiger partial charge is 0.383 e. The summed E-state index contributed by atoms with van der Waals surface area (Å²) in [5.74, 6) is 1.01. The number of anilines is 1. The lowest BCUT2D eigenvalue weighted by Gasteiger charge is -2.10. The second kappa shape index (κ2) is 6.59. The molecule has 0 aliphatic rings. The molecular formula is C17H16BrN3. The third-order valence-electron chi connectivity index (χ3n) is 3.27. The van der Waals surface area contributed by atoms with E-state index in [0.29, 0.717) is 0 Å². The molecule has 4 heteroatoms. The van der Waals surface area contributed by atoms with Crippen molar-refractivity contribution in [2.24, 2.45) is 0 Å². The molecule has 3 aromatic rings. The van der Waals surface area contributed by atoms with Crippen molar-refractivity contribution in [3.8, 4) is 11.4 Å². The Hall–Kier alpha value is -2.07. The van der Waals surface area contributed by atoms with Crippen LogP contribution in [0.2, 0.25) is 0 Å². The lowest BCUT2D eigenvalue weighted by atomic mass is 10.2. The minimum atomic E-state index is 0.859. The molecular weight excluding hydrogens is 326 g/mol. The highest BCUT2D eigenvalue weighted by Crippen LogP contribution is 2.17. The van der Waals surface area contributed by atoms with E-state index in [-0.39, 0.29) is 0 Å². The number of nitrogens with one attached hydrogen (secondary N) is 1.